The maximum atomic E-state index is 13.1. The second kappa shape index (κ2) is 8.26. The lowest BCUT2D eigenvalue weighted by Crippen LogP contribution is -2.43. The zero-order valence-electron chi connectivity index (χ0n) is 13.0. The van der Waals surface area contributed by atoms with Gasteiger partial charge in [-0.15, -0.1) is 0 Å². The highest BCUT2D eigenvalue weighted by molar-refractivity contribution is 6.31. The fourth-order valence-corrected chi connectivity index (χ4v) is 2.81. The summed E-state index contributed by atoms with van der Waals surface area (Å²) in [5, 5.41) is 2.64. The van der Waals surface area contributed by atoms with Crippen LogP contribution in [0.4, 0.5) is 10.1 Å². The first-order chi connectivity index (χ1) is 11.0. The molecule has 126 valence electrons. The van der Waals surface area contributed by atoms with Crippen molar-refractivity contribution in [2.75, 3.05) is 31.6 Å². The molecular formula is C16H20ClFN2O3. The highest BCUT2D eigenvalue weighted by Crippen LogP contribution is 2.20. The number of piperidine rings is 1. The first kappa shape index (κ1) is 17.7. The monoisotopic (exact) mass is 342 g/mol. The van der Waals surface area contributed by atoms with Crippen LogP contribution >= 0.6 is 11.6 Å². The molecule has 0 aliphatic carbocycles. The molecule has 1 aliphatic rings. The number of amides is 1. The van der Waals surface area contributed by atoms with Crippen LogP contribution in [-0.2, 0) is 14.3 Å². The Morgan fingerprint density at radius 2 is 2.26 bits per heavy atom. The number of halogens is 2. The van der Waals surface area contributed by atoms with Crippen LogP contribution in [0.2, 0.25) is 5.02 Å². The molecule has 5 nitrogen and oxygen atoms in total. The number of nitrogens with zero attached hydrogens (tertiary/aromatic N) is 1. The van der Waals surface area contributed by atoms with Gasteiger partial charge in [0.1, 0.15) is 5.82 Å². The molecule has 0 radical (unpaired) electrons. The van der Waals surface area contributed by atoms with Crippen molar-refractivity contribution < 1.29 is 18.7 Å². The molecule has 0 aromatic heterocycles. The molecule has 1 fully saturated rings. The van der Waals surface area contributed by atoms with Gasteiger partial charge in [0, 0.05) is 12.2 Å². The van der Waals surface area contributed by atoms with E-state index in [9.17, 15) is 14.0 Å². The highest BCUT2D eigenvalue weighted by Gasteiger charge is 2.27. The van der Waals surface area contributed by atoms with Crippen LogP contribution in [0.15, 0.2) is 18.2 Å². The predicted octanol–water partition coefficient (Wildman–Crippen LogP) is 2.69. The summed E-state index contributed by atoms with van der Waals surface area (Å²) in [6.07, 6.45) is 1.63. The predicted molar refractivity (Wildman–Crippen MR) is 85.8 cm³/mol. The van der Waals surface area contributed by atoms with E-state index < -0.39 is 5.82 Å². The molecular weight excluding hydrogens is 323 g/mol. The van der Waals surface area contributed by atoms with E-state index >= 15 is 0 Å². The summed E-state index contributed by atoms with van der Waals surface area (Å²) >= 11 is 5.68. The average molecular weight is 343 g/mol. The molecule has 1 aromatic carbocycles. The van der Waals surface area contributed by atoms with Gasteiger partial charge in [-0.3, -0.25) is 14.5 Å². The van der Waals surface area contributed by atoms with E-state index in [2.05, 4.69) is 5.32 Å². The minimum Gasteiger partial charge on any atom is -0.466 e. The Labute approximate surface area is 139 Å². The molecule has 0 spiro atoms. The number of ether oxygens (including phenoxy) is 1. The molecule has 1 atom stereocenters. The van der Waals surface area contributed by atoms with Crippen LogP contribution in [0.3, 0.4) is 0 Å². The van der Waals surface area contributed by atoms with E-state index in [1.807, 2.05) is 4.90 Å². The first-order valence-electron chi connectivity index (χ1n) is 7.63. The number of rotatable bonds is 5. The SMILES string of the molecule is CCOC(=O)[C@@H]1CCCN(CC(=O)Nc2ccc(F)c(Cl)c2)C1. The third kappa shape index (κ3) is 5.18. The second-order valence-electron chi connectivity index (χ2n) is 5.50. The summed E-state index contributed by atoms with van der Waals surface area (Å²) in [4.78, 5) is 25.8. The van der Waals surface area contributed by atoms with Crippen molar-refractivity contribution >= 4 is 29.2 Å². The second-order valence-corrected chi connectivity index (χ2v) is 5.91. The zero-order chi connectivity index (χ0) is 16.8. The minimum absolute atomic E-state index is 0.0388. The summed E-state index contributed by atoms with van der Waals surface area (Å²) in [7, 11) is 0. The van der Waals surface area contributed by atoms with E-state index in [4.69, 9.17) is 16.3 Å². The number of likely N-dealkylation sites (tertiary alicyclic amines) is 1. The fourth-order valence-electron chi connectivity index (χ4n) is 2.63. The third-order valence-corrected chi connectivity index (χ3v) is 3.99. The molecule has 1 aliphatic heterocycles. The van der Waals surface area contributed by atoms with Crippen LogP contribution in [0.25, 0.3) is 0 Å². The maximum absolute atomic E-state index is 13.1. The Morgan fingerprint density at radius 1 is 1.48 bits per heavy atom. The molecule has 1 saturated heterocycles. The molecule has 1 heterocycles. The first-order valence-corrected chi connectivity index (χ1v) is 8.01. The summed E-state index contributed by atoms with van der Waals surface area (Å²) in [6.45, 7) is 3.58. The number of benzene rings is 1. The van der Waals surface area contributed by atoms with Crippen molar-refractivity contribution in [1.82, 2.24) is 4.90 Å². The molecule has 1 amide bonds. The molecule has 7 heteroatoms. The molecule has 0 unspecified atom stereocenters. The average Bonchev–Trinajstić information content (AvgIpc) is 2.51. The zero-order valence-corrected chi connectivity index (χ0v) is 13.7. The lowest BCUT2D eigenvalue weighted by Gasteiger charge is -2.30. The summed E-state index contributed by atoms with van der Waals surface area (Å²) in [6, 6.07) is 4.03. The molecule has 1 aromatic rings. The van der Waals surface area contributed by atoms with E-state index in [0.29, 0.717) is 18.8 Å². The van der Waals surface area contributed by atoms with Crippen molar-refractivity contribution in [3.8, 4) is 0 Å². The topological polar surface area (TPSA) is 58.6 Å². The van der Waals surface area contributed by atoms with Gasteiger partial charge in [0.25, 0.3) is 0 Å². The highest BCUT2D eigenvalue weighted by atomic mass is 35.5. The smallest absolute Gasteiger partial charge is 0.310 e. The Kier molecular flexibility index (Phi) is 6.36. The van der Waals surface area contributed by atoms with Crippen LogP contribution in [0.1, 0.15) is 19.8 Å². The summed E-state index contributed by atoms with van der Waals surface area (Å²) in [5.41, 5.74) is 0.445. The standard InChI is InChI=1S/C16H20ClFN2O3/c1-2-23-16(22)11-4-3-7-20(9-11)10-15(21)19-12-5-6-14(18)13(17)8-12/h5-6,8,11H,2-4,7,9-10H2,1H3,(H,19,21)/t11-/m1/s1. The summed E-state index contributed by atoms with van der Waals surface area (Å²) < 4.78 is 18.1. The maximum Gasteiger partial charge on any atom is 0.310 e. The van der Waals surface area contributed by atoms with Gasteiger partial charge in [-0.2, -0.15) is 0 Å². The van der Waals surface area contributed by atoms with Crippen molar-refractivity contribution in [3.05, 3.63) is 29.0 Å². The van der Waals surface area contributed by atoms with Gasteiger partial charge >= 0.3 is 5.97 Å². The van der Waals surface area contributed by atoms with Crippen LogP contribution in [0.5, 0.6) is 0 Å². The van der Waals surface area contributed by atoms with Gasteiger partial charge in [0.05, 0.1) is 24.1 Å². The van der Waals surface area contributed by atoms with Gasteiger partial charge in [0.2, 0.25) is 5.91 Å². The van der Waals surface area contributed by atoms with Gasteiger partial charge in [0.15, 0.2) is 0 Å². The Hall–Kier alpha value is -1.66. The number of esters is 1. The number of carbonyl (C=O) groups is 2. The molecule has 2 rings (SSSR count). The quantitative estimate of drug-likeness (QED) is 0.836. The van der Waals surface area contributed by atoms with Gasteiger partial charge in [-0.25, -0.2) is 4.39 Å². The fraction of sp³-hybridized carbons (Fsp3) is 0.500. The Balaban J connectivity index is 1.86. The normalized spacial score (nSPS) is 18.5. The molecule has 0 bridgehead atoms. The number of carbonyl (C=O) groups excluding carboxylic acids is 2. The van der Waals surface area contributed by atoms with Crippen LogP contribution < -0.4 is 5.32 Å². The van der Waals surface area contributed by atoms with E-state index in [0.717, 1.165) is 19.4 Å². The number of nitrogens with one attached hydrogen (secondary N) is 1. The van der Waals surface area contributed by atoms with Gasteiger partial charge in [-0.1, -0.05) is 11.6 Å². The van der Waals surface area contributed by atoms with Crippen molar-refractivity contribution in [3.63, 3.8) is 0 Å². The van der Waals surface area contributed by atoms with Gasteiger partial charge in [-0.05, 0) is 44.5 Å². The Morgan fingerprint density at radius 3 is 2.96 bits per heavy atom. The van der Waals surface area contributed by atoms with Crippen molar-refractivity contribution in [1.29, 1.82) is 0 Å². The third-order valence-electron chi connectivity index (χ3n) is 3.70. The number of anilines is 1. The Bertz CT molecular complexity index is 582. The van der Waals surface area contributed by atoms with Crippen LogP contribution in [0, 0.1) is 11.7 Å². The van der Waals surface area contributed by atoms with Crippen LogP contribution in [-0.4, -0.2) is 43.0 Å². The van der Waals surface area contributed by atoms with Crippen molar-refractivity contribution in [2.45, 2.75) is 19.8 Å². The van der Waals surface area contributed by atoms with Gasteiger partial charge < -0.3 is 10.1 Å². The largest absolute Gasteiger partial charge is 0.466 e. The van der Waals surface area contributed by atoms with E-state index in [-0.39, 0.29) is 29.4 Å². The number of hydrogen-bond donors (Lipinski definition) is 1. The lowest BCUT2D eigenvalue weighted by atomic mass is 9.98. The lowest BCUT2D eigenvalue weighted by molar-refractivity contribution is -0.150. The minimum atomic E-state index is -0.530. The van der Waals surface area contributed by atoms with E-state index in [1.54, 1.807) is 6.92 Å². The molecule has 23 heavy (non-hydrogen) atoms. The molecule has 0 saturated carbocycles. The molecule has 1 N–H and O–H groups in total. The van der Waals surface area contributed by atoms with Crippen molar-refractivity contribution in [2.24, 2.45) is 5.92 Å². The summed E-state index contributed by atoms with van der Waals surface area (Å²) in [5.74, 6) is -1.14. The van der Waals surface area contributed by atoms with E-state index in [1.165, 1.54) is 18.2 Å². The number of hydrogen-bond acceptors (Lipinski definition) is 4.